The molecule has 2 aliphatic rings. The van der Waals surface area contributed by atoms with E-state index in [9.17, 15) is 33.4 Å². The van der Waals surface area contributed by atoms with Crippen molar-refractivity contribution in [3.8, 4) is 11.1 Å². The van der Waals surface area contributed by atoms with Crippen molar-refractivity contribution in [2.75, 3.05) is 19.6 Å². The average molecular weight is 539 g/mol. The topological polar surface area (TPSA) is 98.2 Å². The first-order valence-corrected chi connectivity index (χ1v) is 12.7. The fourth-order valence-corrected chi connectivity index (χ4v) is 6.07. The van der Waals surface area contributed by atoms with E-state index >= 15 is 0 Å². The van der Waals surface area contributed by atoms with Crippen LogP contribution >= 0.6 is 35.3 Å². The van der Waals surface area contributed by atoms with E-state index in [0.717, 1.165) is 28.8 Å². The van der Waals surface area contributed by atoms with Gasteiger partial charge in [0.15, 0.2) is 11.6 Å². The van der Waals surface area contributed by atoms with Gasteiger partial charge in [-0.1, -0.05) is 30.0 Å². The highest BCUT2D eigenvalue weighted by Crippen LogP contribution is 2.35. The Bertz CT molecular complexity index is 1230. The average Bonchev–Trinajstić information content (AvgIpc) is 3.38. The number of piperidine rings is 1. The number of thiocarbonyl (C=S) groups is 1. The van der Waals surface area contributed by atoms with E-state index in [1.165, 1.54) is 27.2 Å². The van der Waals surface area contributed by atoms with Gasteiger partial charge in [-0.2, -0.15) is 0 Å². The van der Waals surface area contributed by atoms with Gasteiger partial charge in [-0.05, 0) is 47.2 Å². The molecule has 2 aliphatic heterocycles. The third kappa shape index (κ3) is 5.61. The molecular formula is C23H20F2N2O5S3. The van der Waals surface area contributed by atoms with Gasteiger partial charge in [-0.25, -0.2) is 8.78 Å². The molecule has 2 saturated heterocycles. The van der Waals surface area contributed by atoms with Crippen LogP contribution in [-0.2, 0) is 14.4 Å². The lowest BCUT2D eigenvalue weighted by Gasteiger charge is -2.34. The summed E-state index contributed by atoms with van der Waals surface area (Å²) in [6, 6.07) is 5.40. The van der Waals surface area contributed by atoms with Crippen molar-refractivity contribution in [1.82, 2.24) is 9.80 Å². The number of carbonyl (C=O) groups is 3. The Morgan fingerprint density at radius 1 is 1.20 bits per heavy atom. The maximum atomic E-state index is 13.5. The molecule has 2 aromatic rings. The number of aliphatic hydroxyl groups is 1. The van der Waals surface area contributed by atoms with E-state index in [-0.39, 0.29) is 44.3 Å². The summed E-state index contributed by atoms with van der Waals surface area (Å²) in [6.45, 7) is 0.231. The molecule has 2 N–H and O–H groups in total. The van der Waals surface area contributed by atoms with Crippen molar-refractivity contribution < 1.29 is 33.4 Å². The third-order valence-corrected chi connectivity index (χ3v) is 8.07. The number of aliphatic hydroxyl groups excluding tert-OH is 1. The van der Waals surface area contributed by atoms with Crippen molar-refractivity contribution in [3.63, 3.8) is 0 Å². The van der Waals surface area contributed by atoms with Crippen molar-refractivity contribution >= 4 is 63.5 Å². The van der Waals surface area contributed by atoms with Crippen molar-refractivity contribution in [1.29, 1.82) is 0 Å². The fraction of sp³-hybridized carbons (Fsp3) is 0.304. The predicted molar refractivity (Wildman–Crippen MR) is 132 cm³/mol. The molecule has 35 heavy (non-hydrogen) atoms. The quantitative estimate of drug-likeness (QED) is 0.429. The zero-order valence-corrected chi connectivity index (χ0v) is 20.6. The van der Waals surface area contributed by atoms with Crippen molar-refractivity contribution in [3.05, 3.63) is 51.1 Å². The first-order chi connectivity index (χ1) is 16.6. The minimum absolute atomic E-state index is 0.0264. The van der Waals surface area contributed by atoms with Gasteiger partial charge in [-0.15, -0.1) is 11.3 Å². The van der Waals surface area contributed by atoms with Crippen LogP contribution in [0.15, 0.2) is 34.6 Å². The number of thiophene rings is 1. The smallest absolute Gasteiger partial charge is 0.310 e. The predicted octanol–water partition coefficient (Wildman–Crippen LogP) is 3.58. The molecule has 0 unspecified atom stereocenters. The van der Waals surface area contributed by atoms with Gasteiger partial charge >= 0.3 is 5.97 Å². The van der Waals surface area contributed by atoms with Crippen LogP contribution in [0.1, 0.15) is 17.7 Å². The molecule has 12 heteroatoms. The molecule has 2 amide bonds. The van der Waals surface area contributed by atoms with Gasteiger partial charge in [0.05, 0.1) is 11.0 Å². The number of benzene rings is 1. The molecule has 3 heterocycles. The number of rotatable bonds is 6. The lowest BCUT2D eigenvalue weighted by Crippen LogP contribution is -2.49. The summed E-state index contributed by atoms with van der Waals surface area (Å²) in [5, 5.41) is 20.8. The highest BCUT2D eigenvalue weighted by Gasteiger charge is 2.36. The molecule has 0 radical (unpaired) electrons. The van der Waals surface area contributed by atoms with E-state index in [1.807, 2.05) is 0 Å². The first-order valence-electron chi connectivity index (χ1n) is 10.6. The number of carboxylic acids is 1. The molecule has 1 aromatic heterocycles. The minimum Gasteiger partial charge on any atom is -0.481 e. The van der Waals surface area contributed by atoms with Crippen LogP contribution in [0.25, 0.3) is 17.2 Å². The number of aliphatic carboxylic acids is 1. The Labute approximate surface area is 213 Å². The highest BCUT2D eigenvalue weighted by atomic mass is 32.2. The van der Waals surface area contributed by atoms with Crippen LogP contribution in [0.2, 0.25) is 0 Å². The summed E-state index contributed by atoms with van der Waals surface area (Å²) >= 11 is 7.76. The summed E-state index contributed by atoms with van der Waals surface area (Å²) in [5.41, 5.74) is 1.20. The molecule has 0 bridgehead atoms. The monoisotopic (exact) mass is 538 g/mol. The highest BCUT2D eigenvalue weighted by molar-refractivity contribution is 8.26. The van der Waals surface area contributed by atoms with Gasteiger partial charge < -0.3 is 15.1 Å². The molecule has 0 aliphatic carbocycles. The fourth-order valence-electron chi connectivity index (χ4n) is 3.85. The molecule has 1 aromatic carbocycles. The second-order valence-electron chi connectivity index (χ2n) is 8.09. The molecule has 2 fully saturated rings. The molecule has 4 rings (SSSR count). The molecule has 2 atom stereocenters. The SMILES string of the molecule is O=C(O)[C@H]1CN(C(=O)CCN2C(=O)/C(=C/c3cc(-c4ccc(F)c(F)c4)cs3)SC2=S)CC[C@H]1O. The second kappa shape index (κ2) is 10.5. The summed E-state index contributed by atoms with van der Waals surface area (Å²) in [6.07, 6.45) is 0.827. The first kappa shape index (κ1) is 25.4. The van der Waals surface area contributed by atoms with Gasteiger partial charge in [0.2, 0.25) is 5.91 Å². The number of hydrogen-bond acceptors (Lipinski definition) is 7. The van der Waals surface area contributed by atoms with Gasteiger partial charge in [-0.3, -0.25) is 19.3 Å². The van der Waals surface area contributed by atoms with Crippen LogP contribution in [-0.4, -0.2) is 67.9 Å². The standard InChI is InChI=1S/C23H20F2N2O5S3/c24-16-2-1-12(8-17(16)25)13-7-14(34-11-13)9-19-21(30)27(23(33)35-19)6-4-20(29)26-5-3-18(28)15(10-26)22(31)32/h1-2,7-9,11,15,18,28H,3-6,10H2,(H,31,32)/b19-9-/t15-,18+/m0/s1. The molecule has 7 nitrogen and oxygen atoms in total. The summed E-state index contributed by atoms with van der Waals surface area (Å²) < 4.78 is 27.0. The number of carbonyl (C=O) groups excluding carboxylic acids is 2. The largest absolute Gasteiger partial charge is 0.481 e. The second-order valence-corrected chi connectivity index (χ2v) is 10.7. The molecule has 0 spiro atoms. The van der Waals surface area contributed by atoms with E-state index in [0.29, 0.717) is 20.4 Å². The number of amides is 2. The maximum Gasteiger partial charge on any atom is 0.310 e. The van der Waals surface area contributed by atoms with E-state index in [1.54, 1.807) is 17.5 Å². The Morgan fingerprint density at radius 3 is 2.69 bits per heavy atom. The zero-order valence-electron chi connectivity index (χ0n) is 18.1. The van der Waals surface area contributed by atoms with Gasteiger partial charge in [0.1, 0.15) is 10.2 Å². The number of likely N-dealkylation sites (tertiary alicyclic amines) is 1. The van der Waals surface area contributed by atoms with Crippen molar-refractivity contribution in [2.24, 2.45) is 5.92 Å². The zero-order chi connectivity index (χ0) is 25.3. The molecule has 0 saturated carbocycles. The lowest BCUT2D eigenvalue weighted by molar-refractivity contribution is -0.151. The van der Waals surface area contributed by atoms with Crippen molar-refractivity contribution in [2.45, 2.75) is 18.9 Å². The third-order valence-electron chi connectivity index (χ3n) is 5.82. The molecular weight excluding hydrogens is 518 g/mol. The number of hydrogen-bond donors (Lipinski definition) is 2. The summed E-state index contributed by atoms with van der Waals surface area (Å²) in [7, 11) is 0. The Hall–Kier alpha value is -2.67. The minimum atomic E-state index is -1.15. The normalized spacial score (nSPS) is 21.7. The lowest BCUT2D eigenvalue weighted by atomic mass is 9.94. The van der Waals surface area contributed by atoms with Crippen LogP contribution in [0.3, 0.4) is 0 Å². The number of halogens is 2. The van der Waals surface area contributed by atoms with Crippen LogP contribution in [0.4, 0.5) is 8.78 Å². The summed E-state index contributed by atoms with van der Waals surface area (Å²) in [4.78, 5) is 40.6. The number of thioether (sulfide) groups is 1. The van der Waals surface area contributed by atoms with E-state index in [2.05, 4.69) is 0 Å². The van der Waals surface area contributed by atoms with E-state index < -0.39 is 29.6 Å². The molecule has 184 valence electrons. The Balaban J connectivity index is 1.39. The van der Waals surface area contributed by atoms with Gasteiger partial charge in [0.25, 0.3) is 5.91 Å². The summed E-state index contributed by atoms with van der Waals surface area (Å²) in [5.74, 6) is -4.70. The number of carboxylic acid groups (broad SMARTS) is 1. The van der Waals surface area contributed by atoms with Crippen LogP contribution in [0.5, 0.6) is 0 Å². The van der Waals surface area contributed by atoms with Crippen LogP contribution in [0, 0.1) is 17.6 Å². The Kier molecular flexibility index (Phi) is 7.64. The van der Waals surface area contributed by atoms with E-state index in [4.69, 9.17) is 12.2 Å². The number of nitrogens with zero attached hydrogens (tertiary/aromatic N) is 2. The maximum absolute atomic E-state index is 13.5. The Morgan fingerprint density at radius 2 is 1.97 bits per heavy atom. The van der Waals surface area contributed by atoms with Gasteiger partial charge in [0, 0.05) is 30.9 Å². The van der Waals surface area contributed by atoms with Crippen LogP contribution < -0.4 is 0 Å².